The lowest BCUT2D eigenvalue weighted by molar-refractivity contribution is 0.176. The molecule has 0 aliphatic carbocycles. The van der Waals surface area contributed by atoms with Gasteiger partial charge in [0.1, 0.15) is 17.1 Å². The summed E-state index contributed by atoms with van der Waals surface area (Å²) in [5.41, 5.74) is 2.11. The van der Waals surface area contributed by atoms with Gasteiger partial charge in [-0.15, -0.1) is 0 Å². The van der Waals surface area contributed by atoms with Crippen LogP contribution >= 0.6 is 0 Å². The minimum Gasteiger partial charge on any atom is -0.492 e. The zero-order chi connectivity index (χ0) is 21.3. The lowest BCUT2D eigenvalue weighted by Gasteiger charge is -2.32. The van der Waals surface area contributed by atoms with Crippen molar-refractivity contribution in [2.75, 3.05) is 39.0 Å². The highest BCUT2D eigenvalue weighted by Crippen LogP contribution is 2.34. The molecule has 4 rings (SSSR count). The quantitative estimate of drug-likeness (QED) is 0.595. The Bertz CT molecular complexity index is 1130. The van der Waals surface area contributed by atoms with E-state index in [1.165, 1.54) is 0 Å². The molecule has 1 atom stereocenters. The molecule has 3 aromatic heterocycles. The molecule has 1 unspecified atom stereocenters. The third kappa shape index (κ3) is 4.05. The molecule has 160 valence electrons. The molecule has 4 heterocycles. The lowest BCUT2D eigenvalue weighted by atomic mass is 10.1. The highest BCUT2D eigenvalue weighted by atomic mass is 32.2. The van der Waals surface area contributed by atoms with Gasteiger partial charge in [0.05, 0.1) is 35.7 Å². The van der Waals surface area contributed by atoms with Crippen molar-refractivity contribution in [2.24, 2.45) is 7.05 Å². The van der Waals surface area contributed by atoms with Gasteiger partial charge in [0.2, 0.25) is 0 Å². The van der Waals surface area contributed by atoms with Crippen molar-refractivity contribution in [1.29, 1.82) is 0 Å². The highest BCUT2D eigenvalue weighted by Gasteiger charge is 2.22. The Labute approximate surface area is 177 Å². The summed E-state index contributed by atoms with van der Waals surface area (Å²) in [6.45, 7) is 6.17. The number of rotatable bonds is 6. The van der Waals surface area contributed by atoms with Gasteiger partial charge in [-0.25, -0.2) is 8.51 Å². The van der Waals surface area contributed by atoms with E-state index in [1.54, 1.807) is 36.5 Å². The second-order valence-corrected chi connectivity index (χ2v) is 8.71. The summed E-state index contributed by atoms with van der Waals surface area (Å²) in [6.07, 6.45) is 6.87. The summed E-state index contributed by atoms with van der Waals surface area (Å²) in [4.78, 5) is 19.2. The van der Waals surface area contributed by atoms with Gasteiger partial charge in [0.15, 0.2) is 0 Å². The normalized spacial score (nSPS) is 16.8. The third-order valence-electron chi connectivity index (χ3n) is 5.35. The van der Waals surface area contributed by atoms with Gasteiger partial charge in [-0.2, -0.15) is 0 Å². The molecule has 0 spiro atoms. The molecule has 0 saturated carbocycles. The number of nitrogens with zero attached hydrogens (tertiary/aromatic N) is 4. The summed E-state index contributed by atoms with van der Waals surface area (Å²) in [5.74, 6) is 1.40. The van der Waals surface area contributed by atoms with E-state index in [-0.39, 0.29) is 5.56 Å². The Morgan fingerprint density at radius 2 is 2.00 bits per heavy atom. The molecule has 1 fully saturated rings. The van der Waals surface area contributed by atoms with Gasteiger partial charge >= 0.3 is 0 Å². The van der Waals surface area contributed by atoms with E-state index in [0.717, 1.165) is 43.1 Å². The van der Waals surface area contributed by atoms with Crippen LogP contribution in [0, 0.1) is 0 Å². The average Bonchev–Trinajstić information content (AvgIpc) is 3.16. The smallest absolute Gasteiger partial charge is 0.261 e. The Morgan fingerprint density at radius 3 is 2.70 bits per heavy atom. The summed E-state index contributed by atoms with van der Waals surface area (Å²) >= 11 is 0. The van der Waals surface area contributed by atoms with Crippen molar-refractivity contribution in [3.05, 3.63) is 46.8 Å². The van der Waals surface area contributed by atoms with E-state index >= 15 is 0 Å². The van der Waals surface area contributed by atoms with E-state index in [1.807, 2.05) is 23.4 Å². The van der Waals surface area contributed by atoms with Crippen LogP contribution in [0.4, 0.5) is 0 Å². The minimum atomic E-state index is -0.938. The summed E-state index contributed by atoms with van der Waals surface area (Å²) in [7, 11) is 0.802. The molecule has 1 aliphatic rings. The number of furan rings is 1. The van der Waals surface area contributed by atoms with Crippen LogP contribution < -0.4 is 10.3 Å². The largest absolute Gasteiger partial charge is 0.492 e. The van der Waals surface area contributed by atoms with E-state index < -0.39 is 11.0 Å². The Hall–Kier alpha value is -2.49. The lowest BCUT2D eigenvalue weighted by Crippen LogP contribution is -2.46. The van der Waals surface area contributed by atoms with Crippen LogP contribution in [0.5, 0.6) is 5.75 Å². The molecular weight excluding hydrogens is 404 g/mol. The molecule has 0 aromatic carbocycles. The topological polar surface area (TPSA) is 80.8 Å². The highest BCUT2D eigenvalue weighted by molar-refractivity contribution is 7.81. The molecule has 30 heavy (non-hydrogen) atoms. The number of hydrogen-bond donors (Lipinski definition) is 0. The van der Waals surface area contributed by atoms with E-state index in [0.29, 0.717) is 29.9 Å². The first kappa shape index (κ1) is 20.8. The van der Waals surface area contributed by atoms with Crippen LogP contribution in [0.15, 0.2) is 39.9 Å². The molecule has 0 N–H and O–H groups in total. The van der Waals surface area contributed by atoms with Crippen LogP contribution in [0.3, 0.4) is 0 Å². The predicted molar refractivity (Wildman–Crippen MR) is 117 cm³/mol. The number of piperazine rings is 1. The van der Waals surface area contributed by atoms with Crippen LogP contribution in [-0.2, 0) is 24.6 Å². The number of aryl methyl sites for hydroxylation is 1. The van der Waals surface area contributed by atoms with Gasteiger partial charge < -0.3 is 13.7 Å². The molecule has 1 aliphatic heterocycles. The summed E-state index contributed by atoms with van der Waals surface area (Å²) in [6, 6.07) is 3.71. The fourth-order valence-electron chi connectivity index (χ4n) is 3.81. The molecule has 3 aromatic rings. The van der Waals surface area contributed by atoms with Crippen molar-refractivity contribution in [2.45, 2.75) is 13.5 Å². The third-order valence-corrected chi connectivity index (χ3v) is 6.44. The zero-order valence-electron chi connectivity index (χ0n) is 17.5. The maximum atomic E-state index is 12.8. The average molecular weight is 431 g/mol. The van der Waals surface area contributed by atoms with Crippen LogP contribution in [0.1, 0.15) is 12.7 Å². The Kier molecular flexibility index (Phi) is 6.03. The number of pyridine rings is 2. The molecule has 0 radical (unpaired) electrons. The minimum absolute atomic E-state index is 0.0954. The molecule has 0 bridgehead atoms. The fraction of sp³-hybridized carbons (Fsp3) is 0.429. The van der Waals surface area contributed by atoms with E-state index in [9.17, 15) is 9.00 Å². The second kappa shape index (κ2) is 8.71. The SMILES string of the molecule is CCOc1cnccc1-c1cn(C)c(=O)c2cc(CN3CCN(S(C)=O)CC3)oc12. The van der Waals surface area contributed by atoms with Gasteiger partial charge in [-0.3, -0.25) is 14.7 Å². The summed E-state index contributed by atoms with van der Waals surface area (Å²) in [5, 5.41) is 0.553. The van der Waals surface area contributed by atoms with Gasteiger partial charge in [-0.1, -0.05) is 0 Å². The maximum Gasteiger partial charge on any atom is 0.261 e. The molecular formula is C21H26N4O4S. The molecule has 8 nitrogen and oxygen atoms in total. The first-order valence-electron chi connectivity index (χ1n) is 9.98. The Morgan fingerprint density at radius 1 is 1.23 bits per heavy atom. The van der Waals surface area contributed by atoms with E-state index in [2.05, 4.69) is 9.88 Å². The van der Waals surface area contributed by atoms with Crippen LogP contribution in [-0.4, -0.2) is 62.0 Å². The second-order valence-electron chi connectivity index (χ2n) is 7.35. The van der Waals surface area contributed by atoms with Crippen molar-refractivity contribution >= 4 is 22.0 Å². The van der Waals surface area contributed by atoms with Gasteiger partial charge in [0.25, 0.3) is 5.56 Å². The number of ether oxygens (including phenoxy) is 1. The predicted octanol–water partition coefficient (Wildman–Crippen LogP) is 2.00. The van der Waals surface area contributed by atoms with Crippen LogP contribution in [0.2, 0.25) is 0 Å². The van der Waals surface area contributed by atoms with Crippen LogP contribution in [0.25, 0.3) is 22.1 Å². The first-order valence-corrected chi connectivity index (χ1v) is 11.5. The zero-order valence-corrected chi connectivity index (χ0v) is 18.3. The fourth-order valence-corrected chi connectivity index (χ4v) is 4.49. The van der Waals surface area contributed by atoms with E-state index in [4.69, 9.17) is 9.15 Å². The van der Waals surface area contributed by atoms with Crippen molar-refractivity contribution in [3.63, 3.8) is 0 Å². The van der Waals surface area contributed by atoms with Crippen molar-refractivity contribution < 1.29 is 13.4 Å². The standard InChI is InChI=1S/C21H26N4O4S/c1-4-28-19-12-22-6-5-16(19)18-14-23(2)21(26)17-11-15(29-20(17)18)13-24-7-9-25(10-8-24)30(3)27/h5-6,11-12,14H,4,7-10,13H2,1-3H3. The number of hydrogen-bond acceptors (Lipinski definition) is 6. The van der Waals surface area contributed by atoms with Crippen molar-refractivity contribution in [1.82, 2.24) is 18.8 Å². The summed E-state index contributed by atoms with van der Waals surface area (Å²) < 4.78 is 27.1. The Balaban J connectivity index is 1.69. The molecule has 1 saturated heterocycles. The first-order chi connectivity index (χ1) is 14.5. The number of aromatic nitrogens is 2. The number of fused-ring (bicyclic) bond motifs is 1. The molecule has 9 heteroatoms. The molecule has 0 amide bonds. The maximum absolute atomic E-state index is 12.8. The monoisotopic (exact) mass is 430 g/mol. The van der Waals surface area contributed by atoms with Crippen molar-refractivity contribution in [3.8, 4) is 16.9 Å². The van der Waals surface area contributed by atoms with Gasteiger partial charge in [-0.05, 0) is 19.1 Å². The van der Waals surface area contributed by atoms with Gasteiger partial charge in [0, 0.05) is 63.0 Å².